The molecular formula is C25H34FN6O7P. The van der Waals surface area contributed by atoms with Crippen LogP contribution >= 0.6 is 7.75 Å². The molecule has 0 radical (unpaired) electrons. The van der Waals surface area contributed by atoms with Crippen molar-refractivity contribution in [3.05, 3.63) is 36.7 Å². The third kappa shape index (κ3) is 6.87. The number of hydrogen-bond acceptors (Lipinski definition) is 11. The highest BCUT2D eigenvalue weighted by Gasteiger charge is 2.48. The third-order valence-electron chi connectivity index (χ3n) is 5.86. The summed E-state index contributed by atoms with van der Waals surface area (Å²) >= 11 is 0. The average Bonchev–Trinajstić information content (AvgIpc) is 3.42. The second-order valence-corrected chi connectivity index (χ2v) is 11.5. The fraction of sp³-hybridized carbons (Fsp3) is 0.520. The van der Waals surface area contributed by atoms with Crippen molar-refractivity contribution in [2.45, 2.75) is 71.2 Å². The number of nitrogens with zero attached hydrogens (tertiary/aromatic N) is 4. The lowest BCUT2D eigenvalue weighted by molar-refractivity contribution is -0.149. The number of fused-ring (bicyclic) bond motifs is 1. The lowest BCUT2D eigenvalue weighted by Gasteiger charge is -2.24. The Labute approximate surface area is 231 Å². The van der Waals surface area contributed by atoms with Gasteiger partial charge in [0.1, 0.15) is 11.8 Å². The van der Waals surface area contributed by atoms with Crippen LogP contribution in [-0.2, 0) is 23.4 Å². The van der Waals surface area contributed by atoms with Gasteiger partial charge in [-0.1, -0.05) is 18.2 Å². The van der Waals surface area contributed by atoms with Crippen LogP contribution < -0.4 is 20.1 Å². The summed E-state index contributed by atoms with van der Waals surface area (Å²) in [5.74, 6) is -0.275. The van der Waals surface area contributed by atoms with E-state index in [1.165, 1.54) is 24.7 Å². The van der Waals surface area contributed by atoms with Crippen LogP contribution in [0.4, 0.5) is 10.3 Å². The predicted octanol–water partition coefficient (Wildman–Crippen LogP) is 3.96. The Balaban J connectivity index is 1.52. The number of imidazole rings is 1. The van der Waals surface area contributed by atoms with E-state index in [0.717, 1.165) is 0 Å². The smallest absolute Gasteiger partial charge is 0.459 e. The molecular weight excluding hydrogens is 546 g/mol. The number of ether oxygens (including phenoxy) is 3. The number of benzene rings is 1. The molecule has 218 valence electrons. The molecule has 0 aliphatic carbocycles. The van der Waals surface area contributed by atoms with Gasteiger partial charge in [0.2, 0.25) is 11.8 Å². The van der Waals surface area contributed by atoms with Gasteiger partial charge in [0.15, 0.2) is 23.1 Å². The minimum absolute atomic E-state index is 0.0636. The molecule has 0 saturated carbocycles. The number of nitrogens with two attached hydrogens (primary N) is 1. The molecule has 5 atom stereocenters. The van der Waals surface area contributed by atoms with E-state index in [1.807, 2.05) is 0 Å². The number of nitrogen functional groups attached to an aromatic ring is 1. The van der Waals surface area contributed by atoms with Crippen LogP contribution in [0.3, 0.4) is 0 Å². The minimum Gasteiger partial charge on any atom is -0.476 e. The zero-order chi connectivity index (χ0) is 29.1. The second-order valence-electron chi connectivity index (χ2n) is 9.77. The van der Waals surface area contributed by atoms with Crippen LogP contribution in [0.1, 0.15) is 47.3 Å². The number of nitrogens with one attached hydrogen (secondary N) is 1. The second kappa shape index (κ2) is 12.0. The van der Waals surface area contributed by atoms with Gasteiger partial charge in [-0.15, -0.1) is 0 Å². The SMILES string of the molecule is CCOc1nc(N)nc2c1ncn2[C@@H]1OC(COP(=O)(N[C@H](C)C(=O)OC(C)C)Oc2ccccc2)C[C@@]1(C)F. The first kappa shape index (κ1) is 29.7. The van der Waals surface area contributed by atoms with Gasteiger partial charge in [0.05, 0.1) is 31.7 Å². The van der Waals surface area contributed by atoms with Crippen molar-refractivity contribution in [2.75, 3.05) is 18.9 Å². The molecule has 1 saturated heterocycles. The zero-order valence-corrected chi connectivity index (χ0v) is 23.8. The van der Waals surface area contributed by atoms with Crippen LogP contribution in [0.2, 0.25) is 0 Å². The third-order valence-corrected chi connectivity index (χ3v) is 7.50. The first-order chi connectivity index (χ1) is 18.9. The van der Waals surface area contributed by atoms with Crippen molar-refractivity contribution in [1.29, 1.82) is 0 Å². The van der Waals surface area contributed by atoms with Crippen molar-refractivity contribution in [1.82, 2.24) is 24.6 Å². The van der Waals surface area contributed by atoms with Crippen molar-refractivity contribution in [2.24, 2.45) is 0 Å². The molecule has 0 bridgehead atoms. The van der Waals surface area contributed by atoms with Gasteiger partial charge in [-0.2, -0.15) is 15.1 Å². The average molecular weight is 581 g/mol. The highest BCUT2D eigenvalue weighted by molar-refractivity contribution is 7.52. The Hall–Kier alpha value is -3.32. The predicted molar refractivity (Wildman–Crippen MR) is 143 cm³/mol. The summed E-state index contributed by atoms with van der Waals surface area (Å²) in [6.45, 7) is 8.05. The van der Waals surface area contributed by atoms with Crippen LogP contribution in [0.5, 0.6) is 11.6 Å². The molecule has 1 fully saturated rings. The summed E-state index contributed by atoms with van der Waals surface area (Å²) in [4.78, 5) is 24.9. The molecule has 3 N–H and O–H groups in total. The maximum atomic E-state index is 15.9. The standard InChI is InChI=1S/C25H34FN6O7P/c1-6-35-21-19-20(29-24(27)30-21)32(14-28-19)23-25(5,26)12-18(38-23)13-36-40(34,39-17-10-8-7-9-11-17)31-16(4)22(33)37-15(2)3/h7-11,14-16,18,23H,6,12-13H2,1-5H3,(H,31,34)(H2,27,29,30)/t16-,18?,23-,25-,40?/m1/s1. The fourth-order valence-electron chi connectivity index (χ4n) is 4.20. The number of para-hydroxylation sites is 1. The maximum absolute atomic E-state index is 15.9. The van der Waals surface area contributed by atoms with E-state index in [1.54, 1.807) is 51.1 Å². The van der Waals surface area contributed by atoms with Crippen molar-refractivity contribution in [3.63, 3.8) is 0 Å². The van der Waals surface area contributed by atoms with Gasteiger partial charge in [-0.05, 0) is 46.8 Å². The van der Waals surface area contributed by atoms with E-state index in [2.05, 4.69) is 20.0 Å². The summed E-state index contributed by atoms with van der Waals surface area (Å²) in [6.07, 6.45) is -1.10. The van der Waals surface area contributed by atoms with Gasteiger partial charge >= 0.3 is 13.7 Å². The number of alkyl halides is 1. The molecule has 3 heterocycles. The first-order valence-corrected chi connectivity index (χ1v) is 14.4. The van der Waals surface area contributed by atoms with Crippen molar-refractivity contribution in [3.8, 4) is 11.6 Å². The summed E-state index contributed by atoms with van der Waals surface area (Å²) < 4.78 is 59.1. The number of hydrogen-bond donors (Lipinski definition) is 2. The van der Waals surface area contributed by atoms with Crippen molar-refractivity contribution >= 4 is 30.8 Å². The van der Waals surface area contributed by atoms with Gasteiger partial charge in [-0.3, -0.25) is 13.9 Å². The van der Waals surface area contributed by atoms with E-state index < -0.39 is 37.8 Å². The van der Waals surface area contributed by atoms with E-state index in [4.69, 9.17) is 29.0 Å². The van der Waals surface area contributed by atoms with Crippen LogP contribution in [-0.4, -0.2) is 62.6 Å². The summed E-state index contributed by atoms with van der Waals surface area (Å²) in [6, 6.07) is 7.30. The number of carbonyl (C=O) groups excluding carboxylic acids is 1. The number of halogens is 1. The highest BCUT2D eigenvalue weighted by Crippen LogP contribution is 2.48. The fourth-order valence-corrected chi connectivity index (χ4v) is 5.72. The number of anilines is 1. The van der Waals surface area contributed by atoms with Crippen LogP contribution in [0.25, 0.3) is 11.2 Å². The molecule has 1 aliphatic rings. The lowest BCUT2D eigenvalue weighted by Crippen LogP contribution is -2.36. The Bertz CT molecular complexity index is 1370. The molecule has 1 aliphatic heterocycles. The Morgan fingerprint density at radius 2 is 2.02 bits per heavy atom. The molecule has 13 nitrogen and oxygen atoms in total. The molecule has 40 heavy (non-hydrogen) atoms. The lowest BCUT2D eigenvalue weighted by atomic mass is 10.0. The maximum Gasteiger partial charge on any atom is 0.459 e. The van der Waals surface area contributed by atoms with Gasteiger partial charge < -0.3 is 24.5 Å². The quantitative estimate of drug-likeness (QED) is 0.235. The van der Waals surface area contributed by atoms with Crippen LogP contribution in [0.15, 0.2) is 36.7 Å². The first-order valence-electron chi connectivity index (χ1n) is 12.9. The van der Waals surface area contributed by atoms with Gasteiger partial charge in [0, 0.05) is 6.42 Å². The highest BCUT2D eigenvalue weighted by atomic mass is 31.2. The van der Waals surface area contributed by atoms with E-state index >= 15 is 4.39 Å². The monoisotopic (exact) mass is 580 g/mol. The number of rotatable bonds is 12. The number of carbonyl (C=O) groups is 1. The van der Waals surface area contributed by atoms with E-state index in [0.29, 0.717) is 12.1 Å². The molecule has 2 unspecified atom stereocenters. The van der Waals surface area contributed by atoms with Gasteiger partial charge in [-0.25, -0.2) is 13.9 Å². The van der Waals surface area contributed by atoms with Gasteiger partial charge in [0.25, 0.3) is 0 Å². The minimum atomic E-state index is -4.15. The largest absolute Gasteiger partial charge is 0.476 e. The molecule has 0 amide bonds. The van der Waals surface area contributed by atoms with Crippen LogP contribution in [0, 0.1) is 0 Å². The molecule has 0 spiro atoms. The molecule has 1 aromatic carbocycles. The number of esters is 1. The van der Waals surface area contributed by atoms with E-state index in [9.17, 15) is 9.36 Å². The Morgan fingerprint density at radius 3 is 2.70 bits per heavy atom. The summed E-state index contributed by atoms with van der Waals surface area (Å²) in [5, 5.41) is 2.61. The summed E-state index contributed by atoms with van der Waals surface area (Å²) in [5.41, 5.74) is 4.50. The number of aromatic nitrogens is 4. The molecule has 15 heteroatoms. The Morgan fingerprint density at radius 1 is 1.30 bits per heavy atom. The molecule has 4 rings (SSSR count). The van der Waals surface area contributed by atoms with Crippen molar-refractivity contribution < 1.29 is 37.0 Å². The molecule has 3 aromatic rings. The summed E-state index contributed by atoms with van der Waals surface area (Å²) in [7, 11) is -4.15. The Kier molecular flexibility index (Phi) is 8.93. The zero-order valence-electron chi connectivity index (χ0n) is 22.9. The topological polar surface area (TPSA) is 162 Å². The molecule has 2 aromatic heterocycles. The normalized spacial score (nSPS) is 23.2. The van der Waals surface area contributed by atoms with E-state index in [-0.39, 0.29) is 42.4 Å².